The summed E-state index contributed by atoms with van der Waals surface area (Å²) in [6.07, 6.45) is 0.405. The van der Waals surface area contributed by atoms with Gasteiger partial charge in [0.2, 0.25) is 5.91 Å². The zero-order chi connectivity index (χ0) is 16.4. The van der Waals surface area contributed by atoms with Crippen molar-refractivity contribution in [3.63, 3.8) is 0 Å². The average Bonchev–Trinajstić information content (AvgIpc) is 2.52. The smallest absolute Gasteiger partial charge is 0.260 e. The molecule has 2 amide bonds. The van der Waals surface area contributed by atoms with Crippen molar-refractivity contribution in [1.82, 2.24) is 10.2 Å². The number of nitrogens with zero attached hydrogens (tertiary/aromatic N) is 1. The third kappa shape index (κ3) is 6.13. The van der Waals surface area contributed by atoms with Crippen LogP contribution in [0.2, 0.25) is 0 Å². The zero-order valence-electron chi connectivity index (χ0n) is 13.5. The van der Waals surface area contributed by atoms with Crippen LogP contribution in [0.4, 0.5) is 5.69 Å². The van der Waals surface area contributed by atoms with Gasteiger partial charge in [0.25, 0.3) is 5.91 Å². The van der Waals surface area contributed by atoms with Gasteiger partial charge in [-0.1, -0.05) is 6.07 Å². The van der Waals surface area contributed by atoms with Gasteiger partial charge in [-0.05, 0) is 33.0 Å². The summed E-state index contributed by atoms with van der Waals surface area (Å²) in [5, 5.41) is 5.72. The second-order valence-corrected chi connectivity index (χ2v) is 4.78. The van der Waals surface area contributed by atoms with Crippen LogP contribution in [0, 0.1) is 0 Å². The lowest BCUT2D eigenvalue weighted by atomic mass is 10.3. The molecule has 22 heavy (non-hydrogen) atoms. The minimum absolute atomic E-state index is 0.00116. The van der Waals surface area contributed by atoms with Crippen LogP contribution in [0.15, 0.2) is 24.3 Å². The van der Waals surface area contributed by atoms with Crippen LogP contribution in [0.3, 0.4) is 0 Å². The van der Waals surface area contributed by atoms with E-state index in [0.717, 1.165) is 0 Å². The summed E-state index contributed by atoms with van der Waals surface area (Å²) in [5.74, 6) is 0.450. The highest BCUT2D eigenvalue weighted by Crippen LogP contribution is 2.17. The van der Waals surface area contributed by atoms with E-state index in [1.54, 1.807) is 36.2 Å². The quantitative estimate of drug-likeness (QED) is 0.725. The van der Waals surface area contributed by atoms with Crippen molar-refractivity contribution in [3.8, 4) is 5.75 Å². The van der Waals surface area contributed by atoms with Crippen LogP contribution >= 0.6 is 0 Å². The Morgan fingerprint density at radius 1 is 1.23 bits per heavy atom. The molecule has 1 aromatic rings. The molecule has 6 nitrogen and oxygen atoms in total. The summed E-state index contributed by atoms with van der Waals surface area (Å²) in [6.45, 7) is 5.82. The first kappa shape index (κ1) is 18.0. The number of carbonyl (C=O) groups excluding carboxylic acids is 2. The molecule has 0 fully saturated rings. The third-order valence-corrected chi connectivity index (χ3v) is 3.20. The lowest BCUT2D eigenvalue weighted by molar-refractivity contribution is -0.133. The highest BCUT2D eigenvalue weighted by molar-refractivity contribution is 5.91. The Labute approximate surface area is 131 Å². The molecule has 0 aliphatic carbocycles. The van der Waals surface area contributed by atoms with E-state index < -0.39 is 0 Å². The number of anilines is 1. The number of amides is 2. The van der Waals surface area contributed by atoms with E-state index in [4.69, 9.17) is 4.74 Å². The Hall–Kier alpha value is -2.08. The number of hydrogen-bond donors (Lipinski definition) is 2. The lowest BCUT2D eigenvalue weighted by Crippen LogP contribution is -2.34. The van der Waals surface area contributed by atoms with Crippen molar-refractivity contribution in [3.05, 3.63) is 24.3 Å². The lowest BCUT2D eigenvalue weighted by Gasteiger charge is -2.18. The molecular formula is C16H25N3O3. The average molecular weight is 307 g/mol. The first-order valence-electron chi connectivity index (χ1n) is 7.55. The maximum Gasteiger partial charge on any atom is 0.260 e. The second-order valence-electron chi connectivity index (χ2n) is 4.78. The minimum atomic E-state index is -0.0642. The SMILES string of the molecule is CCN(CC)C(=O)COc1cccc(NC(=O)CCNC)c1. The molecule has 0 aromatic heterocycles. The Balaban J connectivity index is 2.53. The van der Waals surface area contributed by atoms with Gasteiger partial charge < -0.3 is 20.3 Å². The maximum atomic E-state index is 11.9. The van der Waals surface area contributed by atoms with Gasteiger partial charge in [0.05, 0.1) is 0 Å². The van der Waals surface area contributed by atoms with Crippen LogP contribution in [-0.2, 0) is 9.59 Å². The number of ether oxygens (including phenoxy) is 1. The van der Waals surface area contributed by atoms with Crippen molar-refractivity contribution in [1.29, 1.82) is 0 Å². The Morgan fingerprint density at radius 2 is 1.95 bits per heavy atom. The second kappa shape index (κ2) is 9.78. The van der Waals surface area contributed by atoms with Crippen LogP contribution in [-0.4, -0.2) is 50.0 Å². The molecule has 2 N–H and O–H groups in total. The molecule has 0 unspecified atom stereocenters. The van der Waals surface area contributed by atoms with Crippen molar-refractivity contribution in [2.24, 2.45) is 0 Å². The molecule has 0 atom stereocenters. The number of likely N-dealkylation sites (N-methyl/N-ethyl adjacent to an activating group) is 1. The predicted molar refractivity (Wildman–Crippen MR) is 87.0 cm³/mol. The predicted octanol–water partition coefficient (Wildman–Crippen LogP) is 1.48. The van der Waals surface area contributed by atoms with E-state index in [9.17, 15) is 9.59 Å². The first-order chi connectivity index (χ1) is 10.6. The topological polar surface area (TPSA) is 70.7 Å². The fourth-order valence-electron chi connectivity index (χ4n) is 1.94. The molecule has 1 rings (SSSR count). The molecule has 1 aromatic carbocycles. The van der Waals surface area contributed by atoms with Gasteiger partial charge in [-0.25, -0.2) is 0 Å². The minimum Gasteiger partial charge on any atom is -0.484 e. The number of benzene rings is 1. The molecule has 0 saturated heterocycles. The van der Waals surface area contributed by atoms with Gasteiger partial charge in [-0.2, -0.15) is 0 Å². The van der Waals surface area contributed by atoms with E-state index in [-0.39, 0.29) is 18.4 Å². The Kier molecular flexibility index (Phi) is 7.99. The maximum absolute atomic E-state index is 11.9. The standard InChI is InChI=1S/C16H25N3O3/c1-4-19(5-2)16(21)12-22-14-8-6-7-13(11-14)18-15(20)9-10-17-3/h6-8,11,17H,4-5,9-10,12H2,1-3H3,(H,18,20). The van der Waals surface area contributed by atoms with Crippen molar-refractivity contribution < 1.29 is 14.3 Å². The Morgan fingerprint density at radius 3 is 2.59 bits per heavy atom. The molecule has 0 aliphatic rings. The van der Waals surface area contributed by atoms with Crippen LogP contribution in [0.1, 0.15) is 20.3 Å². The van der Waals surface area contributed by atoms with E-state index in [2.05, 4.69) is 10.6 Å². The molecular weight excluding hydrogens is 282 g/mol. The summed E-state index contributed by atoms with van der Waals surface area (Å²) in [6, 6.07) is 7.05. The van der Waals surface area contributed by atoms with Gasteiger partial charge in [-0.15, -0.1) is 0 Å². The molecule has 6 heteroatoms. The van der Waals surface area contributed by atoms with E-state index in [1.807, 2.05) is 13.8 Å². The monoisotopic (exact) mass is 307 g/mol. The van der Waals surface area contributed by atoms with Gasteiger partial charge in [0.15, 0.2) is 6.61 Å². The van der Waals surface area contributed by atoms with Gasteiger partial charge in [0.1, 0.15) is 5.75 Å². The zero-order valence-corrected chi connectivity index (χ0v) is 13.5. The van der Waals surface area contributed by atoms with Gasteiger partial charge in [-0.3, -0.25) is 9.59 Å². The van der Waals surface area contributed by atoms with Crippen LogP contribution in [0.5, 0.6) is 5.75 Å². The fourth-order valence-corrected chi connectivity index (χ4v) is 1.94. The summed E-state index contributed by atoms with van der Waals surface area (Å²) in [4.78, 5) is 25.3. The Bertz CT molecular complexity index is 487. The summed E-state index contributed by atoms with van der Waals surface area (Å²) in [5.41, 5.74) is 0.661. The fraction of sp³-hybridized carbons (Fsp3) is 0.500. The highest BCUT2D eigenvalue weighted by atomic mass is 16.5. The van der Waals surface area contributed by atoms with Crippen LogP contribution < -0.4 is 15.4 Å². The van der Waals surface area contributed by atoms with E-state index >= 15 is 0 Å². The normalized spacial score (nSPS) is 10.1. The van der Waals surface area contributed by atoms with E-state index in [1.165, 1.54) is 0 Å². The van der Waals surface area contributed by atoms with E-state index in [0.29, 0.717) is 37.5 Å². The number of hydrogen-bond acceptors (Lipinski definition) is 4. The van der Waals surface area contributed by atoms with Gasteiger partial charge >= 0.3 is 0 Å². The molecule has 0 aliphatic heterocycles. The van der Waals surface area contributed by atoms with Gasteiger partial charge in [0, 0.05) is 37.8 Å². The third-order valence-electron chi connectivity index (χ3n) is 3.20. The molecule has 0 heterocycles. The number of nitrogens with one attached hydrogen (secondary N) is 2. The van der Waals surface area contributed by atoms with Crippen LogP contribution in [0.25, 0.3) is 0 Å². The first-order valence-corrected chi connectivity index (χ1v) is 7.55. The molecule has 0 bridgehead atoms. The molecule has 122 valence electrons. The largest absolute Gasteiger partial charge is 0.484 e. The molecule has 0 radical (unpaired) electrons. The highest BCUT2D eigenvalue weighted by Gasteiger charge is 2.10. The number of carbonyl (C=O) groups is 2. The molecule has 0 saturated carbocycles. The van der Waals surface area contributed by atoms with Crippen molar-refractivity contribution in [2.45, 2.75) is 20.3 Å². The summed E-state index contributed by atoms with van der Waals surface area (Å²) < 4.78 is 5.50. The summed E-state index contributed by atoms with van der Waals surface area (Å²) in [7, 11) is 1.80. The molecule has 0 spiro atoms. The van der Waals surface area contributed by atoms with Crippen molar-refractivity contribution >= 4 is 17.5 Å². The number of rotatable bonds is 9. The van der Waals surface area contributed by atoms with Crippen molar-refractivity contribution in [2.75, 3.05) is 38.6 Å². The summed E-state index contributed by atoms with van der Waals surface area (Å²) >= 11 is 0.